The van der Waals surface area contributed by atoms with Gasteiger partial charge in [-0.3, -0.25) is 4.68 Å². The summed E-state index contributed by atoms with van der Waals surface area (Å²) in [4.78, 5) is 14.1. The van der Waals surface area contributed by atoms with Crippen LogP contribution in [0.25, 0.3) is 11.2 Å². The van der Waals surface area contributed by atoms with Gasteiger partial charge < -0.3 is 20.5 Å². The summed E-state index contributed by atoms with van der Waals surface area (Å²) in [6.45, 7) is 6.89. The molecule has 1 atom stereocenters. The van der Waals surface area contributed by atoms with Gasteiger partial charge in [0.05, 0.1) is 24.8 Å². The van der Waals surface area contributed by atoms with Gasteiger partial charge in [-0.2, -0.15) is 15.1 Å². The van der Waals surface area contributed by atoms with Crippen molar-refractivity contribution < 1.29 is 0 Å². The van der Waals surface area contributed by atoms with Gasteiger partial charge in [-0.05, 0) is 32.4 Å². The van der Waals surface area contributed by atoms with Crippen molar-refractivity contribution in [2.75, 3.05) is 23.7 Å². The van der Waals surface area contributed by atoms with Crippen LogP contribution in [0.5, 0.6) is 0 Å². The summed E-state index contributed by atoms with van der Waals surface area (Å²) < 4.78 is 3.98. The fourth-order valence-electron chi connectivity index (χ4n) is 3.83. The smallest absolute Gasteiger partial charge is 0.227 e. The average Bonchev–Trinajstić information content (AvgIpc) is 3.50. The molecule has 0 saturated carbocycles. The maximum Gasteiger partial charge on any atom is 0.227 e. The summed E-state index contributed by atoms with van der Waals surface area (Å²) >= 11 is 0. The normalized spacial score (nSPS) is 16.3. The Labute approximate surface area is 180 Å². The largest absolute Gasteiger partial charge is 0.350 e. The number of rotatable bonds is 7. The molecule has 5 rings (SSSR count). The Morgan fingerprint density at radius 2 is 2.06 bits per heavy atom. The average molecular weight is 418 g/mol. The third kappa shape index (κ3) is 4.22. The zero-order valence-corrected chi connectivity index (χ0v) is 17.8. The Kier molecular flexibility index (Phi) is 5.25. The molecule has 4 heterocycles. The molecule has 0 amide bonds. The van der Waals surface area contributed by atoms with Gasteiger partial charge >= 0.3 is 0 Å². The maximum atomic E-state index is 4.77. The van der Waals surface area contributed by atoms with Gasteiger partial charge in [0, 0.05) is 24.8 Å². The number of anilines is 3. The Hall–Kier alpha value is -3.46. The second-order valence-corrected chi connectivity index (χ2v) is 8.18. The van der Waals surface area contributed by atoms with Crippen LogP contribution in [0.3, 0.4) is 0 Å². The first-order valence-corrected chi connectivity index (χ1v) is 10.7. The highest BCUT2D eigenvalue weighted by molar-refractivity contribution is 5.86. The highest BCUT2D eigenvalue weighted by Crippen LogP contribution is 2.26. The van der Waals surface area contributed by atoms with Gasteiger partial charge in [0.25, 0.3) is 0 Å². The number of fused-ring (bicyclic) bond motifs is 1. The fourth-order valence-corrected chi connectivity index (χ4v) is 3.83. The first-order valence-electron chi connectivity index (χ1n) is 10.7. The lowest BCUT2D eigenvalue weighted by Crippen LogP contribution is -2.23. The highest BCUT2D eigenvalue weighted by Gasteiger charge is 2.19. The first-order chi connectivity index (χ1) is 15.2. The van der Waals surface area contributed by atoms with Crippen LogP contribution in [0.4, 0.5) is 17.5 Å². The molecule has 1 saturated heterocycles. The number of imidazole rings is 1. The van der Waals surface area contributed by atoms with Crippen molar-refractivity contribution >= 4 is 28.6 Å². The minimum atomic E-state index is 0.252. The van der Waals surface area contributed by atoms with Crippen LogP contribution < -0.4 is 16.0 Å². The number of hydrogen-bond acceptors (Lipinski definition) is 7. The minimum absolute atomic E-state index is 0.252. The molecular weight excluding hydrogens is 390 g/mol. The number of nitrogens with zero attached hydrogens (tertiary/aromatic N) is 6. The van der Waals surface area contributed by atoms with Crippen LogP contribution in [0.1, 0.15) is 31.9 Å². The van der Waals surface area contributed by atoms with Crippen LogP contribution in [0, 0.1) is 0 Å². The van der Waals surface area contributed by atoms with E-state index in [9.17, 15) is 0 Å². The van der Waals surface area contributed by atoms with E-state index in [4.69, 9.17) is 9.97 Å². The van der Waals surface area contributed by atoms with Crippen molar-refractivity contribution in [1.82, 2.24) is 34.6 Å². The Morgan fingerprint density at radius 3 is 2.84 bits per heavy atom. The number of nitrogens with one attached hydrogen (secondary N) is 3. The molecule has 0 bridgehead atoms. The summed E-state index contributed by atoms with van der Waals surface area (Å²) in [7, 11) is 0. The predicted octanol–water partition coefficient (Wildman–Crippen LogP) is 3.17. The number of aromatic nitrogens is 6. The molecule has 1 fully saturated rings. The van der Waals surface area contributed by atoms with Gasteiger partial charge in [-0.25, -0.2) is 4.98 Å². The van der Waals surface area contributed by atoms with Crippen LogP contribution in [-0.4, -0.2) is 48.4 Å². The second-order valence-electron chi connectivity index (χ2n) is 8.18. The van der Waals surface area contributed by atoms with E-state index in [1.165, 1.54) is 5.56 Å². The zero-order chi connectivity index (χ0) is 21.2. The van der Waals surface area contributed by atoms with Crippen LogP contribution in [0.2, 0.25) is 0 Å². The van der Waals surface area contributed by atoms with Gasteiger partial charge in [0.2, 0.25) is 5.95 Å². The van der Waals surface area contributed by atoms with Crippen molar-refractivity contribution in [2.24, 2.45) is 0 Å². The van der Waals surface area contributed by atoms with E-state index in [-0.39, 0.29) is 6.04 Å². The van der Waals surface area contributed by atoms with E-state index in [1.807, 2.05) is 41.6 Å². The molecule has 3 aromatic heterocycles. The topological polar surface area (TPSA) is 97.5 Å². The van der Waals surface area contributed by atoms with Gasteiger partial charge in [0.1, 0.15) is 0 Å². The summed E-state index contributed by atoms with van der Waals surface area (Å²) in [5, 5.41) is 14.7. The molecule has 1 aromatic carbocycles. The van der Waals surface area contributed by atoms with Crippen molar-refractivity contribution in [2.45, 2.75) is 38.9 Å². The summed E-state index contributed by atoms with van der Waals surface area (Å²) in [5.41, 5.74) is 3.63. The lowest BCUT2D eigenvalue weighted by molar-refractivity contribution is 0.612. The molecule has 9 nitrogen and oxygen atoms in total. The molecule has 0 unspecified atom stereocenters. The number of hydrogen-bond donors (Lipinski definition) is 3. The van der Waals surface area contributed by atoms with Gasteiger partial charge in [-0.15, -0.1) is 0 Å². The van der Waals surface area contributed by atoms with Crippen molar-refractivity contribution in [3.63, 3.8) is 0 Å². The monoisotopic (exact) mass is 417 g/mol. The maximum absolute atomic E-state index is 4.77. The van der Waals surface area contributed by atoms with Crippen molar-refractivity contribution in [3.05, 3.63) is 54.6 Å². The molecule has 160 valence electrons. The molecule has 1 aliphatic heterocycles. The zero-order valence-electron chi connectivity index (χ0n) is 17.8. The number of benzene rings is 1. The molecule has 3 N–H and O–H groups in total. The summed E-state index contributed by atoms with van der Waals surface area (Å²) in [6, 6.07) is 10.9. The molecule has 4 aromatic rings. The van der Waals surface area contributed by atoms with Crippen LogP contribution in [0.15, 0.2) is 49.1 Å². The van der Waals surface area contributed by atoms with Gasteiger partial charge in [-0.1, -0.05) is 30.3 Å². The summed E-state index contributed by atoms with van der Waals surface area (Å²) in [5.74, 6) is 1.29. The lowest BCUT2D eigenvalue weighted by Gasteiger charge is -2.14. The molecule has 0 spiro atoms. The minimum Gasteiger partial charge on any atom is -0.350 e. The molecule has 0 aliphatic carbocycles. The van der Waals surface area contributed by atoms with Crippen LogP contribution in [-0.2, 0) is 6.54 Å². The van der Waals surface area contributed by atoms with Crippen molar-refractivity contribution in [1.29, 1.82) is 0 Å². The van der Waals surface area contributed by atoms with E-state index < -0.39 is 0 Å². The second kappa shape index (κ2) is 8.35. The van der Waals surface area contributed by atoms with E-state index in [0.29, 0.717) is 24.4 Å². The van der Waals surface area contributed by atoms with Crippen molar-refractivity contribution in [3.8, 4) is 0 Å². The third-order valence-corrected chi connectivity index (χ3v) is 5.45. The van der Waals surface area contributed by atoms with E-state index in [0.717, 1.165) is 36.4 Å². The SMILES string of the molecule is CC(C)n1cnc2c(Nc3cnn(Cc4ccccc4)c3)nc(N[C@H]3CCNC3)nc21. The highest BCUT2D eigenvalue weighted by atomic mass is 15.3. The molecule has 0 radical (unpaired) electrons. The predicted molar refractivity (Wildman–Crippen MR) is 122 cm³/mol. The van der Waals surface area contributed by atoms with E-state index >= 15 is 0 Å². The summed E-state index contributed by atoms with van der Waals surface area (Å²) in [6.07, 6.45) is 6.67. The molecule has 9 heteroatoms. The molecular formula is C22H27N9. The van der Waals surface area contributed by atoms with E-state index in [1.54, 1.807) is 0 Å². The Balaban J connectivity index is 1.44. The lowest BCUT2D eigenvalue weighted by atomic mass is 10.2. The Morgan fingerprint density at radius 1 is 1.19 bits per heavy atom. The quantitative estimate of drug-likeness (QED) is 0.425. The standard InChI is InChI=1S/C22H27N9/c1-15(2)31-14-24-19-20(28-22(29-21(19)31)27-17-8-9-23-10-17)26-18-11-25-30(13-18)12-16-6-4-3-5-7-16/h3-7,11,13-15,17,23H,8-10,12H2,1-2H3,(H2,26,27,28,29)/t17-/m0/s1. The molecule has 1 aliphatic rings. The molecule has 31 heavy (non-hydrogen) atoms. The van der Waals surface area contributed by atoms with E-state index in [2.05, 4.69) is 56.6 Å². The van der Waals surface area contributed by atoms with Gasteiger partial charge in [0.15, 0.2) is 17.0 Å². The fraction of sp³-hybridized carbons (Fsp3) is 0.364. The Bertz CT molecular complexity index is 1160. The van der Waals surface area contributed by atoms with Crippen LogP contribution >= 0.6 is 0 Å². The third-order valence-electron chi connectivity index (χ3n) is 5.45. The first kappa shape index (κ1) is 19.5.